The molecule has 2 unspecified atom stereocenters. The summed E-state index contributed by atoms with van der Waals surface area (Å²) < 4.78 is 0. The highest BCUT2D eigenvalue weighted by molar-refractivity contribution is 14.0. The first-order valence-electron chi connectivity index (χ1n) is 5.58. The third kappa shape index (κ3) is 2.48. The monoisotopic (exact) mass is 309 g/mol. The van der Waals surface area contributed by atoms with Gasteiger partial charge in [-0.25, -0.2) is 0 Å². The van der Waals surface area contributed by atoms with Crippen LogP contribution in [0.2, 0.25) is 0 Å². The molecule has 0 aromatic heterocycles. The lowest BCUT2D eigenvalue weighted by Crippen LogP contribution is -2.43. The number of carbonyl (C=O) groups is 1. The Morgan fingerprint density at radius 2 is 1.86 bits per heavy atom. The van der Waals surface area contributed by atoms with E-state index in [9.17, 15) is 4.79 Å². The SMILES string of the molecule is CCCCN1C2CCC1CC(=O)C2.I. The van der Waals surface area contributed by atoms with E-state index in [0.29, 0.717) is 17.9 Å². The molecular weight excluding hydrogens is 289 g/mol. The van der Waals surface area contributed by atoms with Crippen LogP contribution >= 0.6 is 24.0 Å². The zero-order chi connectivity index (χ0) is 9.26. The van der Waals surface area contributed by atoms with Crippen LogP contribution in [0.15, 0.2) is 0 Å². The van der Waals surface area contributed by atoms with Gasteiger partial charge in [0.2, 0.25) is 0 Å². The van der Waals surface area contributed by atoms with Crippen LogP contribution in [0.5, 0.6) is 0 Å². The van der Waals surface area contributed by atoms with Crippen molar-refractivity contribution in [2.45, 2.75) is 57.5 Å². The topological polar surface area (TPSA) is 20.3 Å². The molecule has 0 aromatic rings. The number of unbranched alkanes of at least 4 members (excludes halogenated alkanes) is 1. The quantitative estimate of drug-likeness (QED) is 0.747. The first-order valence-corrected chi connectivity index (χ1v) is 5.58. The second kappa shape index (κ2) is 5.45. The van der Waals surface area contributed by atoms with Crippen LogP contribution in [0.25, 0.3) is 0 Å². The van der Waals surface area contributed by atoms with E-state index in [2.05, 4.69) is 11.8 Å². The van der Waals surface area contributed by atoms with Crippen LogP contribution in [0, 0.1) is 0 Å². The summed E-state index contributed by atoms with van der Waals surface area (Å²) in [6, 6.07) is 1.22. The number of fused-ring (bicyclic) bond motifs is 2. The Morgan fingerprint density at radius 3 is 2.36 bits per heavy atom. The highest BCUT2D eigenvalue weighted by Crippen LogP contribution is 2.33. The molecule has 2 heterocycles. The number of nitrogens with zero attached hydrogens (tertiary/aromatic N) is 1. The van der Waals surface area contributed by atoms with Gasteiger partial charge >= 0.3 is 0 Å². The predicted molar refractivity (Wildman–Crippen MR) is 68.1 cm³/mol. The first-order chi connectivity index (χ1) is 6.31. The van der Waals surface area contributed by atoms with Crippen LogP contribution in [-0.2, 0) is 4.79 Å². The lowest BCUT2D eigenvalue weighted by atomic mass is 10.0. The molecule has 2 atom stereocenters. The Hall–Kier alpha value is 0.360. The van der Waals surface area contributed by atoms with Gasteiger partial charge in [0.25, 0.3) is 0 Å². The average Bonchev–Trinajstić information content (AvgIpc) is 2.33. The van der Waals surface area contributed by atoms with Gasteiger partial charge in [0.05, 0.1) is 0 Å². The van der Waals surface area contributed by atoms with Gasteiger partial charge in [0, 0.05) is 24.9 Å². The summed E-state index contributed by atoms with van der Waals surface area (Å²) in [6.45, 7) is 3.45. The lowest BCUT2D eigenvalue weighted by Gasteiger charge is -2.33. The van der Waals surface area contributed by atoms with E-state index in [1.165, 1.54) is 32.2 Å². The van der Waals surface area contributed by atoms with Crippen molar-refractivity contribution in [1.82, 2.24) is 4.90 Å². The summed E-state index contributed by atoms with van der Waals surface area (Å²) in [7, 11) is 0. The largest absolute Gasteiger partial charge is 0.300 e. The maximum absolute atomic E-state index is 11.3. The van der Waals surface area contributed by atoms with Crippen molar-refractivity contribution in [2.24, 2.45) is 0 Å². The van der Waals surface area contributed by atoms with Crippen molar-refractivity contribution >= 4 is 29.8 Å². The zero-order valence-electron chi connectivity index (χ0n) is 8.87. The number of rotatable bonds is 3. The number of piperidine rings is 1. The molecule has 0 radical (unpaired) electrons. The third-order valence-corrected chi connectivity index (χ3v) is 3.47. The number of hydrogen-bond donors (Lipinski definition) is 0. The highest BCUT2D eigenvalue weighted by Gasteiger charge is 2.39. The Bertz CT molecular complexity index is 191. The summed E-state index contributed by atoms with van der Waals surface area (Å²) in [5.41, 5.74) is 0. The maximum Gasteiger partial charge on any atom is 0.136 e. The molecule has 0 aliphatic carbocycles. The average molecular weight is 309 g/mol. The predicted octanol–water partition coefficient (Wildman–Crippen LogP) is 2.60. The molecule has 82 valence electrons. The fraction of sp³-hybridized carbons (Fsp3) is 0.909. The summed E-state index contributed by atoms with van der Waals surface area (Å²) in [4.78, 5) is 13.9. The van der Waals surface area contributed by atoms with Crippen molar-refractivity contribution in [3.63, 3.8) is 0 Å². The van der Waals surface area contributed by atoms with Crippen molar-refractivity contribution < 1.29 is 4.79 Å². The number of carbonyl (C=O) groups excluding carboxylic acids is 1. The maximum atomic E-state index is 11.3. The minimum Gasteiger partial charge on any atom is -0.300 e. The minimum absolute atomic E-state index is 0. The smallest absolute Gasteiger partial charge is 0.136 e. The van der Waals surface area contributed by atoms with Gasteiger partial charge in [-0.05, 0) is 25.8 Å². The molecular formula is C11H20INO. The summed E-state index contributed by atoms with van der Waals surface area (Å²) in [5, 5.41) is 0. The molecule has 2 fully saturated rings. The molecule has 0 amide bonds. The third-order valence-electron chi connectivity index (χ3n) is 3.47. The van der Waals surface area contributed by atoms with Gasteiger partial charge < -0.3 is 0 Å². The Morgan fingerprint density at radius 1 is 1.29 bits per heavy atom. The molecule has 2 aliphatic heterocycles. The van der Waals surface area contributed by atoms with E-state index in [1.807, 2.05) is 0 Å². The van der Waals surface area contributed by atoms with E-state index < -0.39 is 0 Å². The van der Waals surface area contributed by atoms with Crippen LogP contribution in [-0.4, -0.2) is 29.3 Å². The highest BCUT2D eigenvalue weighted by atomic mass is 127. The van der Waals surface area contributed by atoms with Crippen molar-refractivity contribution in [1.29, 1.82) is 0 Å². The van der Waals surface area contributed by atoms with Crippen LogP contribution < -0.4 is 0 Å². The normalized spacial score (nSPS) is 31.6. The molecule has 2 nitrogen and oxygen atoms in total. The molecule has 0 aromatic carbocycles. The first kappa shape index (κ1) is 12.4. The van der Waals surface area contributed by atoms with E-state index in [0.717, 1.165) is 12.8 Å². The Labute approximate surface area is 103 Å². The summed E-state index contributed by atoms with van der Waals surface area (Å²) in [6.07, 6.45) is 6.76. The van der Waals surface area contributed by atoms with Crippen molar-refractivity contribution in [3.05, 3.63) is 0 Å². The minimum atomic E-state index is 0. The summed E-state index contributed by atoms with van der Waals surface area (Å²) >= 11 is 0. The van der Waals surface area contributed by atoms with Crippen LogP contribution in [0.4, 0.5) is 0 Å². The number of halogens is 1. The second-order valence-electron chi connectivity index (χ2n) is 4.42. The molecule has 0 N–H and O–H groups in total. The fourth-order valence-electron chi connectivity index (χ4n) is 2.77. The fourth-order valence-corrected chi connectivity index (χ4v) is 2.77. The molecule has 14 heavy (non-hydrogen) atoms. The van der Waals surface area contributed by atoms with Gasteiger partial charge in [0.1, 0.15) is 5.78 Å². The van der Waals surface area contributed by atoms with Crippen LogP contribution in [0.1, 0.15) is 45.4 Å². The number of hydrogen-bond acceptors (Lipinski definition) is 2. The van der Waals surface area contributed by atoms with E-state index in [-0.39, 0.29) is 24.0 Å². The zero-order valence-corrected chi connectivity index (χ0v) is 11.2. The molecule has 0 saturated carbocycles. The van der Waals surface area contributed by atoms with E-state index in [4.69, 9.17) is 0 Å². The standard InChI is InChI=1S/C11H19NO.HI/c1-2-3-6-12-9-4-5-10(12)8-11(13)7-9;/h9-10H,2-8H2,1H3;1H. The Kier molecular flexibility index (Phi) is 4.83. The molecule has 3 heteroatoms. The molecule has 0 spiro atoms. The van der Waals surface area contributed by atoms with Crippen LogP contribution in [0.3, 0.4) is 0 Å². The molecule has 2 aliphatic rings. The molecule has 2 bridgehead atoms. The van der Waals surface area contributed by atoms with Crippen molar-refractivity contribution in [3.8, 4) is 0 Å². The lowest BCUT2D eigenvalue weighted by molar-refractivity contribution is -0.123. The number of ketones is 1. The number of Topliss-reactive ketones (excluding diaryl/α,β-unsaturated/α-hetero) is 1. The van der Waals surface area contributed by atoms with Gasteiger partial charge in [-0.2, -0.15) is 0 Å². The van der Waals surface area contributed by atoms with Gasteiger partial charge in [-0.3, -0.25) is 9.69 Å². The second-order valence-corrected chi connectivity index (χ2v) is 4.42. The van der Waals surface area contributed by atoms with Crippen molar-refractivity contribution in [2.75, 3.05) is 6.54 Å². The summed E-state index contributed by atoms with van der Waals surface area (Å²) in [5.74, 6) is 0.500. The van der Waals surface area contributed by atoms with Gasteiger partial charge in [-0.1, -0.05) is 13.3 Å². The van der Waals surface area contributed by atoms with E-state index >= 15 is 0 Å². The molecule has 2 saturated heterocycles. The van der Waals surface area contributed by atoms with E-state index in [1.54, 1.807) is 0 Å². The molecule has 2 rings (SSSR count). The van der Waals surface area contributed by atoms with Gasteiger partial charge in [0.15, 0.2) is 0 Å². The van der Waals surface area contributed by atoms with Gasteiger partial charge in [-0.15, -0.1) is 24.0 Å². The Balaban J connectivity index is 0.000000980.